The molecule has 6 heteroatoms. The zero-order valence-electron chi connectivity index (χ0n) is 11.3. The summed E-state index contributed by atoms with van der Waals surface area (Å²) in [6, 6.07) is 0. The van der Waals surface area contributed by atoms with E-state index >= 15 is 0 Å². The van der Waals surface area contributed by atoms with Gasteiger partial charge in [0.25, 0.3) is 5.56 Å². The lowest BCUT2D eigenvalue weighted by atomic mass is 10.2. The van der Waals surface area contributed by atoms with Gasteiger partial charge in [0.1, 0.15) is 5.82 Å². The topological polar surface area (TPSA) is 64.2 Å². The summed E-state index contributed by atoms with van der Waals surface area (Å²) in [6.45, 7) is 9.52. The smallest absolute Gasteiger partial charge is 0.281 e. The highest BCUT2D eigenvalue weighted by atomic mass is 16.1. The van der Waals surface area contributed by atoms with Gasteiger partial charge in [0.2, 0.25) is 5.95 Å². The van der Waals surface area contributed by atoms with Gasteiger partial charge in [-0.25, -0.2) is 9.50 Å². The van der Waals surface area contributed by atoms with E-state index in [0.29, 0.717) is 18.0 Å². The van der Waals surface area contributed by atoms with Crippen LogP contribution >= 0.6 is 0 Å². The van der Waals surface area contributed by atoms with Crippen molar-refractivity contribution < 1.29 is 0 Å². The maximum Gasteiger partial charge on any atom is 0.281 e. The van der Waals surface area contributed by atoms with Gasteiger partial charge in [0, 0.05) is 19.0 Å². The molecule has 0 fully saturated rings. The SMILES string of the molecule is CC.CC(C)c1ncc2c(=O)n3c(nn12)NCC3. The van der Waals surface area contributed by atoms with E-state index < -0.39 is 0 Å². The number of hydrogen-bond donors (Lipinski definition) is 1. The minimum Gasteiger partial charge on any atom is -0.353 e. The van der Waals surface area contributed by atoms with E-state index in [9.17, 15) is 4.79 Å². The van der Waals surface area contributed by atoms with Gasteiger partial charge in [0.05, 0.1) is 6.20 Å². The summed E-state index contributed by atoms with van der Waals surface area (Å²) in [5.74, 6) is 1.71. The molecule has 0 radical (unpaired) electrons. The normalized spacial score (nSPS) is 13.2. The molecule has 3 heterocycles. The second-order valence-electron chi connectivity index (χ2n) is 4.28. The zero-order valence-corrected chi connectivity index (χ0v) is 11.3. The molecule has 1 N–H and O–H groups in total. The Labute approximate surface area is 106 Å². The summed E-state index contributed by atoms with van der Waals surface area (Å²) in [6.07, 6.45) is 1.61. The van der Waals surface area contributed by atoms with Gasteiger partial charge in [-0.3, -0.25) is 9.36 Å². The first kappa shape index (κ1) is 12.6. The highest BCUT2D eigenvalue weighted by Crippen LogP contribution is 2.15. The van der Waals surface area contributed by atoms with E-state index in [1.807, 2.05) is 27.7 Å². The van der Waals surface area contributed by atoms with Gasteiger partial charge >= 0.3 is 0 Å². The molecule has 0 unspecified atom stereocenters. The van der Waals surface area contributed by atoms with Crippen LogP contribution in [0.25, 0.3) is 5.52 Å². The van der Waals surface area contributed by atoms with Crippen LogP contribution in [0.2, 0.25) is 0 Å². The van der Waals surface area contributed by atoms with E-state index in [1.165, 1.54) is 0 Å². The first-order valence-corrected chi connectivity index (χ1v) is 6.41. The molecule has 2 aromatic heterocycles. The van der Waals surface area contributed by atoms with Crippen LogP contribution < -0.4 is 10.9 Å². The quantitative estimate of drug-likeness (QED) is 0.831. The van der Waals surface area contributed by atoms with Crippen LogP contribution in [0.15, 0.2) is 11.0 Å². The molecule has 0 atom stereocenters. The fraction of sp³-hybridized carbons (Fsp3) is 0.583. The Bertz CT molecular complexity index is 611. The first-order chi connectivity index (χ1) is 8.68. The summed E-state index contributed by atoms with van der Waals surface area (Å²) < 4.78 is 3.30. The summed E-state index contributed by atoms with van der Waals surface area (Å²) in [7, 11) is 0. The minimum absolute atomic E-state index is 0.0191. The Morgan fingerprint density at radius 2 is 2.11 bits per heavy atom. The van der Waals surface area contributed by atoms with Crippen LogP contribution in [-0.4, -0.2) is 25.7 Å². The third-order valence-electron chi connectivity index (χ3n) is 2.81. The predicted molar refractivity (Wildman–Crippen MR) is 71.2 cm³/mol. The second-order valence-corrected chi connectivity index (χ2v) is 4.28. The van der Waals surface area contributed by atoms with Gasteiger partial charge in [0.15, 0.2) is 5.52 Å². The molecule has 1 aliphatic rings. The molecule has 0 saturated heterocycles. The Balaban J connectivity index is 0.000000574. The number of nitrogens with one attached hydrogen (secondary N) is 1. The van der Waals surface area contributed by atoms with Gasteiger partial charge in [-0.15, -0.1) is 5.10 Å². The molecule has 0 bridgehead atoms. The number of rotatable bonds is 1. The van der Waals surface area contributed by atoms with Gasteiger partial charge in [-0.05, 0) is 0 Å². The Kier molecular flexibility index (Phi) is 3.36. The van der Waals surface area contributed by atoms with Gasteiger partial charge in [-0.1, -0.05) is 27.7 Å². The standard InChI is InChI=1S/C10H13N5O.C2H6/c1-6(2)8-12-5-7-9(16)14-4-3-11-10(14)13-15(7)8;1-2/h5-6H,3-4H2,1-2H3,(H,11,13);1-2H3. The molecule has 98 valence electrons. The number of nitrogens with zero attached hydrogens (tertiary/aromatic N) is 4. The summed E-state index contributed by atoms with van der Waals surface area (Å²) in [5.41, 5.74) is 0.533. The van der Waals surface area contributed by atoms with Crippen LogP contribution in [0, 0.1) is 0 Å². The monoisotopic (exact) mass is 249 g/mol. The Hall–Kier alpha value is -1.85. The zero-order chi connectivity index (χ0) is 13.3. The molecule has 18 heavy (non-hydrogen) atoms. The third-order valence-corrected chi connectivity index (χ3v) is 2.81. The Morgan fingerprint density at radius 1 is 1.39 bits per heavy atom. The molecule has 3 rings (SSSR count). The van der Waals surface area contributed by atoms with E-state index in [1.54, 1.807) is 15.3 Å². The van der Waals surface area contributed by atoms with Crippen LogP contribution in [0.4, 0.5) is 5.95 Å². The predicted octanol–water partition coefficient (Wildman–Crippen LogP) is 1.47. The van der Waals surface area contributed by atoms with E-state index in [2.05, 4.69) is 15.4 Å². The fourth-order valence-electron chi connectivity index (χ4n) is 2.01. The maximum atomic E-state index is 12.1. The molecule has 0 aromatic carbocycles. The molecular formula is C12H19N5O. The van der Waals surface area contributed by atoms with Crippen molar-refractivity contribution in [2.75, 3.05) is 11.9 Å². The number of aromatic nitrogens is 4. The number of anilines is 1. The number of fused-ring (bicyclic) bond motifs is 2. The molecule has 0 saturated carbocycles. The highest BCUT2D eigenvalue weighted by Gasteiger charge is 2.18. The van der Waals surface area contributed by atoms with E-state index in [-0.39, 0.29) is 11.5 Å². The van der Waals surface area contributed by atoms with Crippen molar-refractivity contribution in [3.63, 3.8) is 0 Å². The largest absolute Gasteiger partial charge is 0.353 e. The lowest BCUT2D eigenvalue weighted by Crippen LogP contribution is -2.22. The third kappa shape index (κ3) is 1.77. The van der Waals surface area contributed by atoms with Crippen molar-refractivity contribution in [1.82, 2.24) is 19.2 Å². The second kappa shape index (κ2) is 4.80. The van der Waals surface area contributed by atoms with Crippen LogP contribution in [-0.2, 0) is 6.54 Å². The number of imidazole rings is 1. The van der Waals surface area contributed by atoms with Crippen molar-refractivity contribution in [1.29, 1.82) is 0 Å². The fourth-order valence-corrected chi connectivity index (χ4v) is 2.01. The first-order valence-electron chi connectivity index (χ1n) is 6.41. The van der Waals surface area contributed by atoms with Crippen molar-refractivity contribution in [2.24, 2.45) is 0 Å². The number of hydrogen-bond acceptors (Lipinski definition) is 4. The van der Waals surface area contributed by atoms with Crippen LogP contribution in [0.5, 0.6) is 0 Å². The lowest BCUT2D eigenvalue weighted by molar-refractivity contribution is 0.693. The van der Waals surface area contributed by atoms with Crippen molar-refractivity contribution >= 4 is 11.5 Å². The molecule has 0 spiro atoms. The highest BCUT2D eigenvalue weighted by molar-refractivity contribution is 5.46. The molecule has 0 amide bonds. The average Bonchev–Trinajstić information content (AvgIpc) is 2.98. The van der Waals surface area contributed by atoms with Gasteiger partial charge in [-0.2, -0.15) is 0 Å². The summed E-state index contributed by atoms with van der Waals surface area (Å²) >= 11 is 0. The summed E-state index contributed by atoms with van der Waals surface area (Å²) in [5, 5.41) is 7.50. The van der Waals surface area contributed by atoms with E-state index in [0.717, 1.165) is 12.4 Å². The van der Waals surface area contributed by atoms with E-state index in [4.69, 9.17) is 0 Å². The molecular weight excluding hydrogens is 230 g/mol. The van der Waals surface area contributed by atoms with Crippen molar-refractivity contribution in [3.05, 3.63) is 22.4 Å². The van der Waals surface area contributed by atoms with Crippen molar-refractivity contribution in [2.45, 2.75) is 40.2 Å². The summed E-state index contributed by atoms with van der Waals surface area (Å²) in [4.78, 5) is 16.3. The average molecular weight is 249 g/mol. The van der Waals surface area contributed by atoms with Crippen LogP contribution in [0.1, 0.15) is 39.4 Å². The minimum atomic E-state index is -0.0191. The Morgan fingerprint density at radius 3 is 2.78 bits per heavy atom. The molecule has 1 aliphatic heterocycles. The van der Waals surface area contributed by atoms with Crippen LogP contribution in [0.3, 0.4) is 0 Å². The van der Waals surface area contributed by atoms with Gasteiger partial charge < -0.3 is 5.32 Å². The van der Waals surface area contributed by atoms with Crippen molar-refractivity contribution in [3.8, 4) is 0 Å². The molecule has 6 nitrogen and oxygen atoms in total. The molecule has 2 aromatic rings. The molecule has 0 aliphatic carbocycles. The maximum absolute atomic E-state index is 12.1. The lowest BCUT2D eigenvalue weighted by Gasteiger charge is -2.05.